The maximum Gasteiger partial charge on any atom is 0.277 e. The maximum atomic E-state index is 13.4. The molecule has 1 aromatic rings. The molecule has 0 spiro atoms. The van der Waals surface area contributed by atoms with Crippen molar-refractivity contribution in [1.29, 1.82) is 0 Å². The zero-order valence-corrected chi connectivity index (χ0v) is 18.6. The minimum Gasteiger partial charge on any atom is -0.493 e. The molecule has 3 rings (SSSR count). The largest absolute Gasteiger partial charge is 0.493 e. The van der Waals surface area contributed by atoms with E-state index in [0.29, 0.717) is 40.9 Å². The quantitative estimate of drug-likeness (QED) is 0.607. The first kappa shape index (κ1) is 22.2. The number of carbonyl (C=O) groups excluding carboxylic acids is 2. The van der Waals surface area contributed by atoms with Gasteiger partial charge in [0, 0.05) is 13.1 Å². The summed E-state index contributed by atoms with van der Waals surface area (Å²) in [4.78, 5) is 30.1. The summed E-state index contributed by atoms with van der Waals surface area (Å²) in [7, 11) is 3.12. The van der Waals surface area contributed by atoms with Gasteiger partial charge >= 0.3 is 0 Å². The summed E-state index contributed by atoms with van der Waals surface area (Å²) in [5.41, 5.74) is 1.58. The van der Waals surface area contributed by atoms with Crippen LogP contribution >= 0.6 is 0 Å². The summed E-state index contributed by atoms with van der Waals surface area (Å²) in [5.74, 6) is 1.19. The molecule has 1 fully saturated rings. The number of likely N-dealkylation sites (tertiary alicyclic amines) is 1. The van der Waals surface area contributed by atoms with Crippen molar-refractivity contribution in [3.05, 3.63) is 29.5 Å². The van der Waals surface area contributed by atoms with E-state index in [0.717, 1.165) is 25.9 Å². The Hall–Kier alpha value is -2.54. The Kier molecular flexibility index (Phi) is 7.02. The average Bonchev–Trinajstić information content (AvgIpc) is 2.98. The van der Waals surface area contributed by atoms with Crippen molar-refractivity contribution in [2.45, 2.75) is 39.7 Å². The lowest BCUT2D eigenvalue weighted by molar-refractivity contribution is -0.138. The summed E-state index contributed by atoms with van der Waals surface area (Å²) in [6.07, 6.45) is 2.04. The van der Waals surface area contributed by atoms with Crippen LogP contribution in [0.15, 0.2) is 23.9 Å². The fourth-order valence-corrected chi connectivity index (χ4v) is 3.92. The number of benzene rings is 1. The molecule has 7 heteroatoms. The van der Waals surface area contributed by atoms with Gasteiger partial charge in [-0.15, -0.1) is 0 Å². The van der Waals surface area contributed by atoms with Crippen molar-refractivity contribution in [2.24, 2.45) is 5.92 Å². The molecule has 30 heavy (non-hydrogen) atoms. The highest BCUT2D eigenvalue weighted by Gasteiger charge is 2.42. The van der Waals surface area contributed by atoms with E-state index >= 15 is 0 Å². The lowest BCUT2D eigenvalue weighted by Gasteiger charge is -2.32. The van der Waals surface area contributed by atoms with E-state index in [4.69, 9.17) is 14.2 Å². The molecule has 0 N–H and O–H groups in total. The summed E-state index contributed by atoms with van der Waals surface area (Å²) >= 11 is 0. The summed E-state index contributed by atoms with van der Waals surface area (Å²) < 4.78 is 16.3. The van der Waals surface area contributed by atoms with E-state index in [-0.39, 0.29) is 24.5 Å². The maximum absolute atomic E-state index is 13.4. The molecule has 0 bridgehead atoms. The summed E-state index contributed by atoms with van der Waals surface area (Å²) in [6.45, 7) is 8.17. The van der Waals surface area contributed by atoms with Gasteiger partial charge in [0.05, 0.1) is 39.0 Å². The second-order valence-electron chi connectivity index (χ2n) is 8.14. The molecule has 1 saturated heterocycles. The Morgan fingerprint density at radius 2 is 1.70 bits per heavy atom. The topological polar surface area (TPSA) is 68.3 Å². The van der Waals surface area contributed by atoms with Crippen molar-refractivity contribution in [2.75, 3.05) is 40.5 Å². The van der Waals surface area contributed by atoms with Crippen LogP contribution in [-0.2, 0) is 14.3 Å². The van der Waals surface area contributed by atoms with Crippen LogP contribution in [0.2, 0.25) is 0 Å². The van der Waals surface area contributed by atoms with Gasteiger partial charge in [-0.3, -0.25) is 14.5 Å². The highest BCUT2D eigenvalue weighted by atomic mass is 16.5. The number of imide groups is 1. The number of nitrogens with zero attached hydrogens (tertiary/aromatic N) is 2. The Morgan fingerprint density at radius 1 is 1.03 bits per heavy atom. The monoisotopic (exact) mass is 416 g/mol. The number of hydrogen-bond donors (Lipinski definition) is 0. The van der Waals surface area contributed by atoms with E-state index in [9.17, 15) is 9.59 Å². The highest BCUT2D eigenvalue weighted by molar-refractivity contribution is 6.35. The molecule has 164 valence electrons. The molecule has 2 aliphatic heterocycles. The van der Waals surface area contributed by atoms with Crippen molar-refractivity contribution in [3.63, 3.8) is 0 Å². The van der Waals surface area contributed by atoms with E-state index in [1.807, 2.05) is 19.9 Å². The lowest BCUT2D eigenvalue weighted by Crippen LogP contribution is -2.39. The Labute approximate surface area is 178 Å². The van der Waals surface area contributed by atoms with Gasteiger partial charge < -0.3 is 19.1 Å². The molecule has 0 unspecified atom stereocenters. The first-order valence-corrected chi connectivity index (χ1v) is 10.6. The molecule has 0 aromatic heterocycles. The SMILES string of the molecule is COc1ccc(C2=C(N3CCC(C)CC3)C(=O)N(CCOC(C)C)C2=O)cc1OC. The van der Waals surface area contributed by atoms with Crippen LogP contribution in [0, 0.1) is 5.92 Å². The first-order chi connectivity index (χ1) is 14.4. The normalized spacial score (nSPS) is 18.1. The van der Waals surface area contributed by atoms with E-state index in [1.54, 1.807) is 26.4 Å². The number of carbonyl (C=O) groups is 2. The molecular weight excluding hydrogens is 384 g/mol. The zero-order chi connectivity index (χ0) is 21.8. The number of amides is 2. The third kappa shape index (κ3) is 4.46. The van der Waals surface area contributed by atoms with Gasteiger partial charge in [0.1, 0.15) is 5.70 Å². The minimum absolute atomic E-state index is 0.0409. The van der Waals surface area contributed by atoms with Gasteiger partial charge in [0.25, 0.3) is 11.8 Å². The predicted molar refractivity (Wildman–Crippen MR) is 114 cm³/mol. The van der Waals surface area contributed by atoms with E-state index < -0.39 is 0 Å². The Balaban J connectivity index is 1.99. The summed E-state index contributed by atoms with van der Waals surface area (Å²) in [5, 5.41) is 0. The third-order valence-electron chi connectivity index (χ3n) is 5.68. The first-order valence-electron chi connectivity index (χ1n) is 10.6. The molecule has 2 aliphatic rings. The second kappa shape index (κ2) is 9.51. The van der Waals surface area contributed by atoms with Crippen LogP contribution in [0.3, 0.4) is 0 Å². The van der Waals surface area contributed by atoms with E-state index in [2.05, 4.69) is 11.8 Å². The molecule has 2 heterocycles. The van der Waals surface area contributed by atoms with Crippen molar-refractivity contribution in [3.8, 4) is 11.5 Å². The van der Waals surface area contributed by atoms with Crippen molar-refractivity contribution >= 4 is 17.4 Å². The van der Waals surface area contributed by atoms with Crippen LogP contribution in [0.4, 0.5) is 0 Å². The number of hydrogen-bond acceptors (Lipinski definition) is 6. The van der Waals surface area contributed by atoms with E-state index in [1.165, 1.54) is 4.90 Å². The lowest BCUT2D eigenvalue weighted by atomic mass is 9.97. The van der Waals surface area contributed by atoms with Gasteiger partial charge in [-0.25, -0.2) is 0 Å². The van der Waals surface area contributed by atoms with Crippen LogP contribution in [0.5, 0.6) is 11.5 Å². The van der Waals surface area contributed by atoms with Gasteiger partial charge in [-0.1, -0.05) is 13.0 Å². The van der Waals surface area contributed by atoms with Gasteiger partial charge in [-0.2, -0.15) is 0 Å². The summed E-state index contributed by atoms with van der Waals surface area (Å²) in [6, 6.07) is 5.34. The Morgan fingerprint density at radius 3 is 2.30 bits per heavy atom. The van der Waals surface area contributed by atoms with Crippen LogP contribution in [-0.4, -0.2) is 68.2 Å². The van der Waals surface area contributed by atoms with Crippen LogP contribution < -0.4 is 9.47 Å². The minimum atomic E-state index is -0.284. The highest BCUT2D eigenvalue weighted by Crippen LogP contribution is 2.37. The fraction of sp³-hybridized carbons (Fsp3) is 0.565. The van der Waals surface area contributed by atoms with Gasteiger partial charge in [0.15, 0.2) is 11.5 Å². The average molecular weight is 417 g/mol. The second-order valence-corrected chi connectivity index (χ2v) is 8.14. The standard InChI is InChI=1S/C23H32N2O5/c1-15(2)30-13-12-25-22(26)20(17-6-7-18(28-4)19(14-17)29-5)21(23(25)27)24-10-8-16(3)9-11-24/h6-7,14-16H,8-13H2,1-5H3. The molecule has 0 aliphatic carbocycles. The number of methoxy groups -OCH3 is 2. The van der Waals surface area contributed by atoms with Crippen molar-refractivity contribution < 1.29 is 23.8 Å². The number of rotatable bonds is 8. The number of piperidine rings is 1. The predicted octanol–water partition coefficient (Wildman–Crippen LogP) is 2.94. The molecule has 0 radical (unpaired) electrons. The Bertz CT molecular complexity index is 825. The zero-order valence-electron chi connectivity index (χ0n) is 18.6. The molecular formula is C23H32N2O5. The van der Waals surface area contributed by atoms with Crippen LogP contribution in [0.25, 0.3) is 5.57 Å². The number of ether oxygens (including phenoxy) is 3. The molecule has 0 saturated carbocycles. The fourth-order valence-electron chi connectivity index (χ4n) is 3.92. The molecule has 2 amide bonds. The van der Waals surface area contributed by atoms with Gasteiger partial charge in [0.2, 0.25) is 0 Å². The molecule has 1 aromatic carbocycles. The van der Waals surface area contributed by atoms with Crippen molar-refractivity contribution in [1.82, 2.24) is 9.80 Å². The smallest absolute Gasteiger partial charge is 0.277 e. The molecule has 0 atom stereocenters. The van der Waals surface area contributed by atoms with Crippen LogP contribution in [0.1, 0.15) is 39.2 Å². The molecule has 7 nitrogen and oxygen atoms in total. The third-order valence-corrected chi connectivity index (χ3v) is 5.68. The van der Waals surface area contributed by atoms with Gasteiger partial charge in [-0.05, 0) is 50.3 Å².